The van der Waals surface area contributed by atoms with Crippen LogP contribution in [0.5, 0.6) is 5.88 Å². The molecule has 4 rings (SSSR count). The lowest BCUT2D eigenvalue weighted by Crippen LogP contribution is -2.50. The molecule has 2 bridgehead atoms. The van der Waals surface area contributed by atoms with E-state index in [1.165, 1.54) is 11.4 Å². The number of urea groups is 1. The zero-order valence-corrected chi connectivity index (χ0v) is 20.2. The highest BCUT2D eigenvalue weighted by Crippen LogP contribution is 2.42. The monoisotopic (exact) mass is 491 g/mol. The molecule has 1 saturated heterocycles. The van der Waals surface area contributed by atoms with Crippen molar-refractivity contribution in [2.45, 2.75) is 32.1 Å². The van der Waals surface area contributed by atoms with Crippen LogP contribution in [0.2, 0.25) is 0 Å². The molecule has 1 aliphatic heterocycles. The number of hydrogen-bond acceptors (Lipinski definition) is 6. The predicted octanol–water partition coefficient (Wildman–Crippen LogP) is 1.68. The number of aromatic nitrogens is 1. The molecule has 3 N–H and O–H groups in total. The summed E-state index contributed by atoms with van der Waals surface area (Å²) >= 11 is 0. The summed E-state index contributed by atoms with van der Waals surface area (Å²) < 4.78 is 33.8. The van der Waals surface area contributed by atoms with Gasteiger partial charge in [-0.15, -0.1) is 0 Å². The Balaban J connectivity index is 1.15. The van der Waals surface area contributed by atoms with Crippen LogP contribution in [0.4, 0.5) is 4.79 Å². The van der Waals surface area contributed by atoms with Crippen LogP contribution in [0.15, 0.2) is 30.5 Å². The van der Waals surface area contributed by atoms with Crippen LogP contribution in [0.1, 0.15) is 42.5 Å². The second-order valence-electron chi connectivity index (χ2n) is 9.30. The van der Waals surface area contributed by atoms with Crippen molar-refractivity contribution >= 4 is 22.1 Å². The molecule has 2 fully saturated rings. The molecule has 1 saturated carbocycles. The first kappa shape index (κ1) is 24.5. The topological polar surface area (TPSA) is 130 Å². The Labute approximate surface area is 200 Å². The van der Waals surface area contributed by atoms with Crippen LogP contribution in [-0.2, 0) is 10.2 Å². The van der Waals surface area contributed by atoms with E-state index in [4.69, 9.17) is 4.74 Å². The Morgan fingerprint density at radius 3 is 2.65 bits per heavy atom. The van der Waals surface area contributed by atoms with E-state index >= 15 is 0 Å². The summed E-state index contributed by atoms with van der Waals surface area (Å²) in [6.07, 6.45) is 10.3. The number of carbonyl (C=O) groups excluding carboxylic acids is 2. The molecule has 1 aromatic rings. The summed E-state index contributed by atoms with van der Waals surface area (Å²) in [5, 5.41) is 5.61. The first-order chi connectivity index (χ1) is 16.4. The quantitative estimate of drug-likeness (QED) is 0.451. The van der Waals surface area contributed by atoms with Crippen molar-refractivity contribution in [3.05, 3.63) is 36.0 Å². The second kappa shape index (κ2) is 10.7. The molecule has 3 aliphatic rings. The Hall–Kier alpha value is -2.66. The molecule has 2 aliphatic carbocycles. The molecule has 186 valence electrons. The van der Waals surface area contributed by atoms with Gasteiger partial charge in [-0.25, -0.2) is 14.5 Å². The molecule has 0 spiro atoms. The van der Waals surface area contributed by atoms with Gasteiger partial charge < -0.3 is 15.4 Å². The zero-order chi connectivity index (χ0) is 24.1. The van der Waals surface area contributed by atoms with E-state index in [1.807, 2.05) is 0 Å². The lowest BCUT2D eigenvalue weighted by molar-refractivity contribution is 0.0946. The molecule has 0 radical (unpaired) electrons. The molecular formula is C23H33N5O5S. The molecule has 10 nitrogen and oxygen atoms in total. The van der Waals surface area contributed by atoms with Gasteiger partial charge >= 0.3 is 16.2 Å². The molecule has 2 heterocycles. The third-order valence-corrected chi connectivity index (χ3v) is 8.61. The number of hydrogen-bond donors (Lipinski definition) is 3. The lowest BCUT2D eigenvalue weighted by atomic mass is 9.94. The largest absolute Gasteiger partial charge is 0.480 e. The molecular weight excluding hydrogens is 458 g/mol. The van der Waals surface area contributed by atoms with Crippen LogP contribution >= 0.6 is 0 Å². The highest BCUT2D eigenvalue weighted by atomic mass is 32.2. The molecule has 3 amide bonds. The Morgan fingerprint density at radius 1 is 1.18 bits per heavy atom. The highest BCUT2D eigenvalue weighted by Gasteiger charge is 2.36. The van der Waals surface area contributed by atoms with E-state index in [9.17, 15) is 18.0 Å². The average Bonchev–Trinajstić information content (AvgIpc) is 3.46. The number of nitrogens with one attached hydrogen (secondary N) is 3. The molecule has 3 atom stereocenters. The number of allylic oxidation sites excluding steroid dienone is 2. The van der Waals surface area contributed by atoms with E-state index in [0.717, 1.165) is 19.3 Å². The predicted molar refractivity (Wildman–Crippen MR) is 126 cm³/mol. The SMILES string of the molecule is COc1ncccc1C(=O)NCCC1CCN(S(=O)(=O)NC(=O)NC[C@@H]2C[C@H]3C=C[C@H]2C3)CC1. The lowest BCUT2D eigenvalue weighted by Gasteiger charge is -2.31. The summed E-state index contributed by atoms with van der Waals surface area (Å²) in [7, 11) is -2.40. The Bertz CT molecular complexity index is 1020. The van der Waals surface area contributed by atoms with Crippen LogP contribution < -0.4 is 20.1 Å². The maximum absolute atomic E-state index is 12.6. The van der Waals surface area contributed by atoms with E-state index in [0.29, 0.717) is 68.3 Å². The third-order valence-electron chi connectivity index (χ3n) is 7.12. The van der Waals surface area contributed by atoms with Crippen molar-refractivity contribution in [1.29, 1.82) is 0 Å². The minimum absolute atomic E-state index is 0.248. The van der Waals surface area contributed by atoms with Crippen LogP contribution in [-0.4, -0.2) is 62.9 Å². The zero-order valence-electron chi connectivity index (χ0n) is 19.4. The summed E-state index contributed by atoms with van der Waals surface area (Å²) in [6.45, 7) is 1.66. The van der Waals surface area contributed by atoms with E-state index < -0.39 is 16.2 Å². The number of methoxy groups -OCH3 is 1. The molecule has 0 unspecified atom stereocenters. The number of nitrogens with zero attached hydrogens (tertiary/aromatic N) is 2. The number of piperidine rings is 1. The van der Waals surface area contributed by atoms with Gasteiger partial charge in [0.2, 0.25) is 5.88 Å². The first-order valence-corrected chi connectivity index (χ1v) is 13.3. The van der Waals surface area contributed by atoms with Crippen LogP contribution in [0.25, 0.3) is 0 Å². The fourth-order valence-electron chi connectivity index (χ4n) is 5.22. The van der Waals surface area contributed by atoms with Gasteiger partial charge in [0.1, 0.15) is 5.56 Å². The third kappa shape index (κ3) is 5.87. The molecule has 34 heavy (non-hydrogen) atoms. The minimum atomic E-state index is -3.87. The maximum atomic E-state index is 12.6. The fraction of sp³-hybridized carbons (Fsp3) is 0.609. The van der Waals surface area contributed by atoms with Gasteiger partial charge in [-0.05, 0) is 67.9 Å². The van der Waals surface area contributed by atoms with Gasteiger partial charge in [-0.1, -0.05) is 12.2 Å². The number of fused-ring (bicyclic) bond motifs is 2. The summed E-state index contributed by atoms with van der Waals surface area (Å²) in [6, 6.07) is 2.67. The van der Waals surface area contributed by atoms with Gasteiger partial charge in [0, 0.05) is 32.4 Å². The smallest absolute Gasteiger partial charge is 0.329 e. The summed E-state index contributed by atoms with van der Waals surface area (Å²) in [5.74, 6) is 1.82. The number of carbonyl (C=O) groups is 2. The van der Waals surface area contributed by atoms with Crippen molar-refractivity contribution in [2.75, 3.05) is 33.3 Å². The van der Waals surface area contributed by atoms with E-state index in [-0.39, 0.29) is 11.8 Å². The molecule has 11 heteroatoms. The van der Waals surface area contributed by atoms with Gasteiger partial charge in [0.15, 0.2) is 0 Å². The van der Waals surface area contributed by atoms with Crippen LogP contribution in [0, 0.1) is 23.7 Å². The number of pyridine rings is 1. The first-order valence-electron chi connectivity index (χ1n) is 11.9. The van der Waals surface area contributed by atoms with Crippen molar-refractivity contribution < 1.29 is 22.7 Å². The van der Waals surface area contributed by atoms with Crippen molar-refractivity contribution in [2.24, 2.45) is 23.7 Å². The number of amides is 3. The van der Waals surface area contributed by atoms with Crippen molar-refractivity contribution in [1.82, 2.24) is 24.6 Å². The van der Waals surface area contributed by atoms with E-state index in [2.05, 4.69) is 32.5 Å². The Kier molecular flexibility index (Phi) is 7.72. The average molecular weight is 492 g/mol. The van der Waals surface area contributed by atoms with Gasteiger partial charge in [0.25, 0.3) is 5.91 Å². The maximum Gasteiger partial charge on any atom is 0.329 e. The van der Waals surface area contributed by atoms with Gasteiger partial charge in [-0.3, -0.25) is 4.79 Å². The standard InChI is InChI=1S/C23H33N5O5S/c1-33-22-20(3-2-9-25-22)21(29)24-10-6-16-7-11-28(12-8-16)34(31,32)27-23(30)26-15-19-14-17-4-5-18(19)13-17/h2-5,9,16-19H,6-8,10-15H2,1H3,(H,24,29)(H2,26,27,30)/t17-,18-,19-/m0/s1. The second-order valence-corrected chi connectivity index (χ2v) is 11.0. The van der Waals surface area contributed by atoms with Gasteiger partial charge in [-0.2, -0.15) is 12.7 Å². The highest BCUT2D eigenvalue weighted by molar-refractivity contribution is 7.87. The number of rotatable bonds is 9. The summed E-state index contributed by atoms with van der Waals surface area (Å²) in [4.78, 5) is 28.6. The van der Waals surface area contributed by atoms with Crippen molar-refractivity contribution in [3.63, 3.8) is 0 Å². The fourth-order valence-corrected chi connectivity index (χ4v) is 6.35. The van der Waals surface area contributed by atoms with Crippen molar-refractivity contribution in [3.8, 4) is 5.88 Å². The summed E-state index contributed by atoms with van der Waals surface area (Å²) in [5.41, 5.74) is 0.382. The molecule has 1 aromatic heterocycles. The van der Waals surface area contributed by atoms with Crippen LogP contribution in [0.3, 0.4) is 0 Å². The number of ether oxygens (including phenoxy) is 1. The molecule has 0 aromatic carbocycles. The normalized spacial score (nSPS) is 24.7. The van der Waals surface area contributed by atoms with Gasteiger partial charge in [0.05, 0.1) is 7.11 Å². The minimum Gasteiger partial charge on any atom is -0.480 e. The van der Waals surface area contributed by atoms with E-state index in [1.54, 1.807) is 18.3 Å². The Morgan fingerprint density at radius 2 is 1.97 bits per heavy atom.